The molecule has 0 aliphatic rings. The molecule has 0 fully saturated rings. The van der Waals surface area contributed by atoms with Gasteiger partial charge in [0.15, 0.2) is 0 Å². The summed E-state index contributed by atoms with van der Waals surface area (Å²) in [6, 6.07) is 16.7. The van der Waals surface area contributed by atoms with Crippen LogP contribution in [-0.4, -0.2) is 10.9 Å². The van der Waals surface area contributed by atoms with E-state index in [1.807, 2.05) is 24.3 Å². The van der Waals surface area contributed by atoms with E-state index in [2.05, 4.69) is 59.1 Å². The molecule has 1 heterocycles. The van der Waals surface area contributed by atoms with Crippen LogP contribution in [0.15, 0.2) is 70.1 Å². The van der Waals surface area contributed by atoms with Gasteiger partial charge in [-0.1, -0.05) is 45.0 Å². The van der Waals surface area contributed by atoms with Crippen LogP contribution in [0.25, 0.3) is 0 Å². The van der Waals surface area contributed by atoms with Crippen LogP contribution in [0.4, 0.5) is 5.69 Å². The third-order valence-corrected chi connectivity index (χ3v) is 4.92. The van der Waals surface area contributed by atoms with Gasteiger partial charge in [0.05, 0.1) is 0 Å². The third-order valence-electron chi connectivity index (χ3n) is 4.46. The van der Waals surface area contributed by atoms with Gasteiger partial charge < -0.3 is 15.0 Å². The van der Waals surface area contributed by atoms with Crippen LogP contribution in [0, 0.1) is 0 Å². The quantitative estimate of drug-likeness (QED) is 0.551. The number of halogens is 1. The molecule has 6 heteroatoms. The Hall–Kier alpha value is -2.86. The highest BCUT2D eigenvalue weighted by molar-refractivity contribution is 9.10. The number of nitrogens with one attached hydrogen (secondary N) is 2. The van der Waals surface area contributed by atoms with E-state index in [0.717, 1.165) is 11.3 Å². The first kappa shape index (κ1) is 20.9. The van der Waals surface area contributed by atoms with E-state index in [4.69, 9.17) is 4.74 Å². The minimum atomic E-state index is -0.357. The van der Waals surface area contributed by atoms with Crippen molar-refractivity contribution in [2.45, 2.75) is 32.8 Å². The SMILES string of the molecule is CC(C)(C)c1ccc(OCc2ccc(C(=O)Nc3cc(Br)c[nH]c3=O)cc2)cc1. The van der Waals surface area contributed by atoms with E-state index in [1.165, 1.54) is 11.8 Å². The molecule has 0 spiro atoms. The maximum absolute atomic E-state index is 12.4. The number of hydrogen-bond acceptors (Lipinski definition) is 3. The summed E-state index contributed by atoms with van der Waals surface area (Å²) in [5.74, 6) is 0.451. The minimum Gasteiger partial charge on any atom is -0.489 e. The highest BCUT2D eigenvalue weighted by Crippen LogP contribution is 2.24. The fraction of sp³-hybridized carbons (Fsp3) is 0.217. The first-order valence-corrected chi connectivity index (χ1v) is 10.0. The average molecular weight is 455 g/mol. The maximum Gasteiger partial charge on any atom is 0.271 e. The lowest BCUT2D eigenvalue weighted by molar-refractivity contribution is 0.102. The molecule has 0 radical (unpaired) electrons. The van der Waals surface area contributed by atoms with Crippen LogP contribution in [0.1, 0.15) is 42.3 Å². The van der Waals surface area contributed by atoms with Gasteiger partial charge in [-0.25, -0.2) is 0 Å². The summed E-state index contributed by atoms with van der Waals surface area (Å²) < 4.78 is 6.51. The van der Waals surface area contributed by atoms with Crippen LogP contribution in [-0.2, 0) is 12.0 Å². The van der Waals surface area contributed by atoms with Gasteiger partial charge in [0.25, 0.3) is 11.5 Å². The summed E-state index contributed by atoms with van der Waals surface area (Å²) in [7, 11) is 0. The van der Waals surface area contributed by atoms with Crippen LogP contribution in [0.5, 0.6) is 5.75 Å². The highest BCUT2D eigenvalue weighted by atomic mass is 79.9. The Balaban J connectivity index is 1.60. The number of aromatic nitrogens is 1. The largest absolute Gasteiger partial charge is 0.489 e. The summed E-state index contributed by atoms with van der Waals surface area (Å²) in [6.45, 7) is 6.93. The molecule has 0 unspecified atom stereocenters. The molecule has 0 bridgehead atoms. The molecule has 2 aromatic carbocycles. The maximum atomic E-state index is 12.4. The Kier molecular flexibility index (Phi) is 6.23. The van der Waals surface area contributed by atoms with Crippen molar-refractivity contribution in [3.8, 4) is 5.75 Å². The molecular weight excluding hydrogens is 432 g/mol. The normalized spacial score (nSPS) is 11.2. The zero-order chi connectivity index (χ0) is 21.0. The lowest BCUT2D eigenvalue weighted by Gasteiger charge is -2.19. The van der Waals surface area contributed by atoms with Crippen molar-refractivity contribution in [1.82, 2.24) is 4.98 Å². The van der Waals surface area contributed by atoms with Crippen molar-refractivity contribution < 1.29 is 9.53 Å². The topological polar surface area (TPSA) is 71.2 Å². The van der Waals surface area contributed by atoms with Crippen LogP contribution < -0.4 is 15.6 Å². The van der Waals surface area contributed by atoms with Crippen molar-refractivity contribution in [3.63, 3.8) is 0 Å². The summed E-state index contributed by atoms with van der Waals surface area (Å²) in [4.78, 5) is 26.7. The molecule has 0 atom stereocenters. The van der Waals surface area contributed by atoms with E-state index in [-0.39, 0.29) is 22.6 Å². The molecule has 2 N–H and O–H groups in total. The average Bonchev–Trinajstić information content (AvgIpc) is 2.69. The number of benzene rings is 2. The molecule has 0 aliphatic carbocycles. The van der Waals surface area contributed by atoms with Gasteiger partial charge in [0.2, 0.25) is 0 Å². The lowest BCUT2D eigenvalue weighted by Crippen LogP contribution is -2.19. The minimum absolute atomic E-state index is 0.107. The summed E-state index contributed by atoms with van der Waals surface area (Å²) >= 11 is 3.27. The van der Waals surface area contributed by atoms with Gasteiger partial charge in [-0.15, -0.1) is 0 Å². The summed E-state index contributed by atoms with van der Waals surface area (Å²) in [5.41, 5.74) is 2.60. The number of aromatic amines is 1. The van der Waals surface area contributed by atoms with Gasteiger partial charge in [0.1, 0.15) is 18.0 Å². The monoisotopic (exact) mass is 454 g/mol. The second-order valence-corrected chi connectivity index (χ2v) is 8.69. The van der Waals surface area contributed by atoms with E-state index in [9.17, 15) is 9.59 Å². The third kappa shape index (κ3) is 5.57. The van der Waals surface area contributed by atoms with Crippen molar-refractivity contribution in [3.05, 3.63) is 92.3 Å². The van der Waals surface area contributed by atoms with E-state index in [1.54, 1.807) is 18.2 Å². The van der Waals surface area contributed by atoms with E-state index in [0.29, 0.717) is 16.6 Å². The van der Waals surface area contributed by atoms with E-state index >= 15 is 0 Å². The fourth-order valence-corrected chi connectivity index (χ4v) is 3.06. The number of anilines is 1. The molecule has 0 saturated heterocycles. The van der Waals surface area contributed by atoms with Crippen molar-refractivity contribution >= 4 is 27.5 Å². The second kappa shape index (κ2) is 8.66. The number of rotatable bonds is 5. The van der Waals surface area contributed by atoms with Gasteiger partial charge in [-0.2, -0.15) is 0 Å². The fourth-order valence-electron chi connectivity index (χ4n) is 2.71. The van der Waals surface area contributed by atoms with Gasteiger partial charge in [-0.3, -0.25) is 9.59 Å². The Morgan fingerprint density at radius 2 is 1.72 bits per heavy atom. The number of ether oxygens (including phenoxy) is 1. The Morgan fingerprint density at radius 1 is 1.07 bits per heavy atom. The lowest BCUT2D eigenvalue weighted by atomic mass is 9.87. The Bertz CT molecular complexity index is 1050. The highest BCUT2D eigenvalue weighted by Gasteiger charge is 2.13. The summed E-state index contributed by atoms with van der Waals surface area (Å²) in [6.07, 6.45) is 1.52. The Morgan fingerprint density at radius 3 is 2.34 bits per heavy atom. The van der Waals surface area contributed by atoms with E-state index < -0.39 is 0 Å². The molecule has 3 rings (SSSR count). The molecule has 5 nitrogen and oxygen atoms in total. The van der Waals surface area contributed by atoms with Gasteiger partial charge in [0, 0.05) is 16.2 Å². The van der Waals surface area contributed by atoms with Crippen LogP contribution >= 0.6 is 15.9 Å². The van der Waals surface area contributed by atoms with Crippen molar-refractivity contribution in [2.75, 3.05) is 5.32 Å². The molecular formula is C23H23BrN2O3. The van der Waals surface area contributed by atoms with Gasteiger partial charge in [-0.05, 0) is 62.8 Å². The van der Waals surface area contributed by atoms with Crippen LogP contribution in [0.3, 0.4) is 0 Å². The molecule has 0 aliphatic heterocycles. The van der Waals surface area contributed by atoms with Crippen molar-refractivity contribution in [2.24, 2.45) is 0 Å². The number of pyridine rings is 1. The molecule has 29 heavy (non-hydrogen) atoms. The summed E-state index contributed by atoms with van der Waals surface area (Å²) in [5, 5.41) is 2.62. The number of amides is 1. The zero-order valence-electron chi connectivity index (χ0n) is 16.6. The first-order valence-electron chi connectivity index (χ1n) is 9.24. The first-order chi connectivity index (χ1) is 13.7. The predicted octanol–water partition coefficient (Wildman–Crippen LogP) is 5.27. The predicted molar refractivity (Wildman–Crippen MR) is 119 cm³/mol. The molecule has 0 saturated carbocycles. The number of carbonyl (C=O) groups excluding carboxylic acids is 1. The molecule has 3 aromatic rings. The smallest absolute Gasteiger partial charge is 0.271 e. The van der Waals surface area contributed by atoms with Gasteiger partial charge >= 0.3 is 0 Å². The molecule has 150 valence electrons. The second-order valence-electron chi connectivity index (χ2n) is 7.77. The number of hydrogen-bond donors (Lipinski definition) is 2. The number of carbonyl (C=O) groups is 1. The van der Waals surface area contributed by atoms with Crippen molar-refractivity contribution in [1.29, 1.82) is 0 Å². The Labute approximate surface area is 178 Å². The molecule has 1 aromatic heterocycles. The van der Waals surface area contributed by atoms with Crippen LogP contribution in [0.2, 0.25) is 0 Å². The standard InChI is InChI=1S/C23H23BrN2O3/c1-23(2,3)17-8-10-19(11-9-17)29-14-15-4-6-16(7-5-15)21(27)26-20-12-18(24)13-25-22(20)28/h4-13H,14H2,1-3H3,(H,25,28)(H,26,27). The number of H-pyrrole nitrogens is 1. The zero-order valence-corrected chi connectivity index (χ0v) is 18.2. The molecule has 1 amide bonds.